The van der Waals surface area contributed by atoms with E-state index in [2.05, 4.69) is 5.32 Å². The highest BCUT2D eigenvalue weighted by molar-refractivity contribution is 7.90. The van der Waals surface area contributed by atoms with E-state index in [-0.39, 0.29) is 10.8 Å². The van der Waals surface area contributed by atoms with Crippen LogP contribution in [0.5, 0.6) is 5.75 Å². The molecule has 1 aromatic carbocycles. The summed E-state index contributed by atoms with van der Waals surface area (Å²) in [6, 6.07) is 6.44. The number of carbonyl (C=O) groups is 1. The molecule has 0 bridgehead atoms. The van der Waals surface area contributed by atoms with Crippen LogP contribution in [0.15, 0.2) is 29.2 Å². The summed E-state index contributed by atoms with van der Waals surface area (Å²) in [5, 5.41) is 3.01. The molecule has 0 saturated heterocycles. The minimum absolute atomic E-state index is 0.124. The number of hydrogen-bond donors (Lipinski definition) is 1. The standard InChI is InChI=1S/C16H26N2O4S/c1-17-10-5-9-16(19)18(2)11-6-12-22-14-7-4-8-15(13-14)23(3,20)21/h4,7-8,13,17H,5-6,9-12H2,1-3H3. The van der Waals surface area contributed by atoms with Gasteiger partial charge < -0.3 is 15.0 Å². The lowest BCUT2D eigenvalue weighted by atomic mass is 10.2. The van der Waals surface area contributed by atoms with Crippen LogP contribution in [0.3, 0.4) is 0 Å². The van der Waals surface area contributed by atoms with Crippen LogP contribution in [-0.2, 0) is 14.6 Å². The molecule has 23 heavy (non-hydrogen) atoms. The number of nitrogens with zero attached hydrogens (tertiary/aromatic N) is 1. The van der Waals surface area contributed by atoms with E-state index in [1.807, 2.05) is 7.05 Å². The molecule has 0 aliphatic rings. The number of benzene rings is 1. The van der Waals surface area contributed by atoms with Gasteiger partial charge in [-0.25, -0.2) is 8.42 Å². The Morgan fingerprint density at radius 1 is 1.30 bits per heavy atom. The van der Waals surface area contributed by atoms with Crippen molar-refractivity contribution in [3.8, 4) is 5.75 Å². The Hall–Kier alpha value is -1.60. The molecule has 0 spiro atoms. The summed E-state index contributed by atoms with van der Waals surface area (Å²) < 4.78 is 28.5. The fourth-order valence-electron chi connectivity index (χ4n) is 2.02. The predicted octanol–water partition coefficient (Wildman–Crippen LogP) is 1.32. The maximum atomic E-state index is 11.8. The van der Waals surface area contributed by atoms with Gasteiger partial charge in [0.2, 0.25) is 5.91 Å². The van der Waals surface area contributed by atoms with Crippen LogP contribution >= 0.6 is 0 Å². The van der Waals surface area contributed by atoms with Crippen LogP contribution in [0.4, 0.5) is 0 Å². The van der Waals surface area contributed by atoms with E-state index >= 15 is 0 Å². The smallest absolute Gasteiger partial charge is 0.222 e. The highest BCUT2D eigenvalue weighted by atomic mass is 32.2. The molecule has 0 atom stereocenters. The quantitative estimate of drug-likeness (QED) is 0.649. The van der Waals surface area contributed by atoms with Crippen LogP contribution in [-0.4, -0.2) is 59.3 Å². The topological polar surface area (TPSA) is 75.7 Å². The molecule has 7 heteroatoms. The fourth-order valence-corrected chi connectivity index (χ4v) is 2.67. The molecule has 0 radical (unpaired) electrons. The van der Waals surface area contributed by atoms with Crippen molar-refractivity contribution in [3.05, 3.63) is 24.3 Å². The maximum absolute atomic E-state index is 11.8. The molecule has 0 unspecified atom stereocenters. The minimum atomic E-state index is -3.23. The van der Waals surface area contributed by atoms with Crippen molar-refractivity contribution in [2.24, 2.45) is 0 Å². The molecule has 0 fully saturated rings. The second-order valence-electron chi connectivity index (χ2n) is 5.47. The second-order valence-corrected chi connectivity index (χ2v) is 7.49. The minimum Gasteiger partial charge on any atom is -0.493 e. The summed E-state index contributed by atoms with van der Waals surface area (Å²) in [5.41, 5.74) is 0. The van der Waals surface area contributed by atoms with Gasteiger partial charge in [-0.1, -0.05) is 6.07 Å². The summed E-state index contributed by atoms with van der Waals surface area (Å²) in [7, 11) is 0.419. The van der Waals surface area contributed by atoms with E-state index in [0.717, 1.165) is 13.0 Å². The first-order valence-corrected chi connectivity index (χ1v) is 9.55. The Bertz CT molecular complexity index is 602. The van der Waals surface area contributed by atoms with Gasteiger partial charge in [-0.3, -0.25) is 4.79 Å². The molecule has 0 aliphatic heterocycles. The average molecular weight is 342 g/mol. The third-order valence-electron chi connectivity index (χ3n) is 3.38. The fraction of sp³-hybridized carbons (Fsp3) is 0.562. The van der Waals surface area contributed by atoms with Gasteiger partial charge in [0.05, 0.1) is 11.5 Å². The van der Waals surface area contributed by atoms with Gasteiger partial charge in [-0.2, -0.15) is 0 Å². The molecular formula is C16H26N2O4S. The molecule has 130 valence electrons. The zero-order valence-corrected chi connectivity index (χ0v) is 14.9. The highest BCUT2D eigenvalue weighted by Crippen LogP contribution is 2.17. The Labute approximate surface area is 138 Å². The van der Waals surface area contributed by atoms with Crippen molar-refractivity contribution >= 4 is 15.7 Å². The Morgan fingerprint density at radius 3 is 2.70 bits per heavy atom. The molecule has 0 aromatic heterocycles. The number of rotatable bonds is 10. The molecule has 0 aliphatic carbocycles. The van der Waals surface area contributed by atoms with Gasteiger partial charge in [-0.15, -0.1) is 0 Å². The molecule has 1 amide bonds. The van der Waals surface area contributed by atoms with Gasteiger partial charge in [0.15, 0.2) is 9.84 Å². The largest absolute Gasteiger partial charge is 0.493 e. The number of amides is 1. The van der Waals surface area contributed by atoms with E-state index in [1.165, 1.54) is 12.3 Å². The molecule has 0 saturated carbocycles. The highest BCUT2D eigenvalue weighted by Gasteiger charge is 2.09. The van der Waals surface area contributed by atoms with Crippen molar-refractivity contribution in [1.82, 2.24) is 10.2 Å². The number of sulfone groups is 1. The summed E-state index contributed by atoms with van der Waals surface area (Å²) in [4.78, 5) is 13.8. The van der Waals surface area contributed by atoms with Crippen LogP contribution in [0.1, 0.15) is 19.3 Å². The van der Waals surface area contributed by atoms with Gasteiger partial charge in [0, 0.05) is 26.3 Å². The number of nitrogens with one attached hydrogen (secondary N) is 1. The third-order valence-corrected chi connectivity index (χ3v) is 4.49. The summed E-state index contributed by atoms with van der Waals surface area (Å²) in [6.07, 6.45) is 3.22. The van der Waals surface area contributed by atoms with E-state index in [0.29, 0.717) is 31.7 Å². The summed E-state index contributed by atoms with van der Waals surface area (Å²) in [6.45, 7) is 1.88. The zero-order valence-electron chi connectivity index (χ0n) is 14.0. The van der Waals surface area contributed by atoms with Gasteiger partial charge in [-0.05, 0) is 44.6 Å². The number of ether oxygens (including phenoxy) is 1. The first kappa shape index (κ1) is 19.4. The Kier molecular flexibility index (Phi) is 8.05. The molecule has 6 nitrogen and oxygen atoms in total. The predicted molar refractivity (Wildman–Crippen MR) is 90.5 cm³/mol. The second kappa shape index (κ2) is 9.52. The monoisotopic (exact) mass is 342 g/mol. The van der Waals surface area contributed by atoms with E-state index < -0.39 is 9.84 Å². The lowest BCUT2D eigenvalue weighted by Crippen LogP contribution is -2.29. The van der Waals surface area contributed by atoms with Gasteiger partial charge >= 0.3 is 0 Å². The van der Waals surface area contributed by atoms with E-state index in [4.69, 9.17) is 4.74 Å². The summed E-state index contributed by atoms with van der Waals surface area (Å²) in [5.74, 6) is 0.648. The van der Waals surface area contributed by atoms with Crippen LogP contribution < -0.4 is 10.1 Å². The lowest BCUT2D eigenvalue weighted by Gasteiger charge is -2.17. The third kappa shape index (κ3) is 7.47. The van der Waals surface area contributed by atoms with Crippen LogP contribution in [0.2, 0.25) is 0 Å². The molecule has 1 N–H and O–H groups in total. The average Bonchev–Trinajstić information content (AvgIpc) is 2.51. The summed E-state index contributed by atoms with van der Waals surface area (Å²) >= 11 is 0. The normalized spacial score (nSPS) is 11.3. The van der Waals surface area contributed by atoms with E-state index in [9.17, 15) is 13.2 Å². The molecule has 0 heterocycles. The van der Waals surface area contributed by atoms with Crippen LogP contribution in [0.25, 0.3) is 0 Å². The van der Waals surface area contributed by atoms with Crippen molar-refractivity contribution in [2.75, 3.05) is 40.0 Å². The van der Waals surface area contributed by atoms with Crippen molar-refractivity contribution in [1.29, 1.82) is 0 Å². The van der Waals surface area contributed by atoms with Crippen molar-refractivity contribution in [2.45, 2.75) is 24.2 Å². The zero-order chi connectivity index (χ0) is 17.3. The van der Waals surface area contributed by atoms with Gasteiger partial charge in [0.1, 0.15) is 5.75 Å². The number of carbonyl (C=O) groups excluding carboxylic acids is 1. The first-order valence-electron chi connectivity index (χ1n) is 7.66. The SMILES string of the molecule is CNCCCC(=O)N(C)CCCOc1cccc(S(C)(=O)=O)c1. The first-order chi connectivity index (χ1) is 10.8. The number of hydrogen-bond acceptors (Lipinski definition) is 5. The Balaban J connectivity index is 2.33. The Morgan fingerprint density at radius 2 is 2.04 bits per heavy atom. The van der Waals surface area contributed by atoms with Crippen LogP contribution in [0, 0.1) is 0 Å². The van der Waals surface area contributed by atoms with E-state index in [1.54, 1.807) is 30.1 Å². The van der Waals surface area contributed by atoms with Crippen molar-refractivity contribution < 1.29 is 17.9 Å². The molecule has 1 rings (SSSR count). The molecular weight excluding hydrogens is 316 g/mol. The van der Waals surface area contributed by atoms with Crippen molar-refractivity contribution in [3.63, 3.8) is 0 Å². The maximum Gasteiger partial charge on any atom is 0.222 e. The lowest BCUT2D eigenvalue weighted by molar-refractivity contribution is -0.130. The molecule has 1 aromatic rings. The van der Waals surface area contributed by atoms with Gasteiger partial charge in [0.25, 0.3) is 0 Å².